The number of hydrogen-bond acceptors (Lipinski definition) is 4. The lowest BCUT2D eigenvalue weighted by molar-refractivity contribution is 0.306. The van der Waals surface area contributed by atoms with Gasteiger partial charge in [-0.3, -0.25) is 4.79 Å². The highest BCUT2D eigenvalue weighted by atomic mass is 35.5. The Hall–Kier alpha value is -3.44. The molecule has 0 bridgehead atoms. The molecule has 4 aromatic rings. The molecule has 1 aliphatic rings. The van der Waals surface area contributed by atoms with E-state index < -0.39 is 0 Å². The van der Waals surface area contributed by atoms with Crippen LogP contribution in [-0.2, 0) is 6.61 Å². The van der Waals surface area contributed by atoms with Crippen LogP contribution in [0.25, 0.3) is 10.9 Å². The third-order valence-electron chi connectivity index (χ3n) is 6.54. The second kappa shape index (κ2) is 10.4. The molecule has 1 saturated carbocycles. The molecule has 0 amide bonds. The van der Waals surface area contributed by atoms with Gasteiger partial charge < -0.3 is 4.74 Å². The summed E-state index contributed by atoms with van der Waals surface area (Å²) in [5, 5.41) is 5.66. The molecule has 178 valence electrons. The van der Waals surface area contributed by atoms with Crippen LogP contribution in [0.4, 0.5) is 0 Å². The van der Waals surface area contributed by atoms with Crippen LogP contribution in [0.1, 0.15) is 60.5 Å². The van der Waals surface area contributed by atoms with Gasteiger partial charge >= 0.3 is 0 Å². The van der Waals surface area contributed by atoms with E-state index in [1.54, 1.807) is 18.3 Å². The molecule has 1 fully saturated rings. The Morgan fingerprint density at radius 1 is 1.06 bits per heavy atom. The molecule has 0 spiro atoms. The van der Waals surface area contributed by atoms with E-state index in [0.29, 0.717) is 22.8 Å². The summed E-state index contributed by atoms with van der Waals surface area (Å²) in [7, 11) is 0. The minimum Gasteiger partial charge on any atom is -0.487 e. The highest BCUT2D eigenvalue weighted by Gasteiger charge is 2.22. The van der Waals surface area contributed by atoms with Crippen LogP contribution in [0.2, 0.25) is 5.02 Å². The van der Waals surface area contributed by atoms with Crippen molar-refractivity contribution in [3.63, 3.8) is 0 Å². The van der Waals surface area contributed by atoms with Crippen LogP contribution in [0, 0.1) is 6.92 Å². The molecule has 5 rings (SSSR count). The first-order valence-electron chi connectivity index (χ1n) is 12.1. The van der Waals surface area contributed by atoms with Gasteiger partial charge in [-0.15, -0.1) is 0 Å². The predicted molar refractivity (Wildman–Crippen MR) is 142 cm³/mol. The van der Waals surface area contributed by atoms with E-state index >= 15 is 0 Å². The Kier molecular flexibility index (Phi) is 6.96. The fourth-order valence-electron chi connectivity index (χ4n) is 4.56. The van der Waals surface area contributed by atoms with Gasteiger partial charge in [0.15, 0.2) is 0 Å². The van der Waals surface area contributed by atoms with Crippen molar-refractivity contribution in [3.8, 4) is 5.75 Å². The zero-order chi connectivity index (χ0) is 24.2. The second-order valence-corrected chi connectivity index (χ2v) is 9.55. The molecule has 35 heavy (non-hydrogen) atoms. The SMILES string of the molecule is Cc1ccc(COc2ccc(C=Nn3c(C4CCCCC4)nc4ccccc4c3=O)cc2Cl)cc1. The quantitative estimate of drug-likeness (QED) is 0.280. The number of ether oxygens (including phenoxy) is 1. The Morgan fingerprint density at radius 2 is 1.83 bits per heavy atom. The fraction of sp³-hybridized carbons (Fsp3) is 0.276. The summed E-state index contributed by atoms with van der Waals surface area (Å²) in [4.78, 5) is 18.2. The minimum absolute atomic E-state index is 0.142. The number of fused-ring (bicyclic) bond motifs is 1. The van der Waals surface area contributed by atoms with E-state index in [-0.39, 0.29) is 11.5 Å². The molecule has 6 heteroatoms. The summed E-state index contributed by atoms with van der Waals surface area (Å²) in [6.45, 7) is 2.50. The summed E-state index contributed by atoms with van der Waals surface area (Å²) >= 11 is 6.50. The van der Waals surface area contributed by atoms with Crippen molar-refractivity contribution >= 4 is 28.7 Å². The number of hydrogen-bond donors (Lipinski definition) is 0. The Balaban J connectivity index is 1.41. The maximum atomic E-state index is 13.3. The summed E-state index contributed by atoms with van der Waals surface area (Å²) in [6.07, 6.45) is 7.25. The summed E-state index contributed by atoms with van der Waals surface area (Å²) < 4.78 is 7.38. The number of aromatic nitrogens is 2. The fourth-order valence-corrected chi connectivity index (χ4v) is 4.81. The Labute approximate surface area is 210 Å². The smallest absolute Gasteiger partial charge is 0.282 e. The lowest BCUT2D eigenvalue weighted by atomic mass is 9.88. The first-order chi connectivity index (χ1) is 17.1. The zero-order valence-corrected chi connectivity index (χ0v) is 20.5. The van der Waals surface area contributed by atoms with Crippen LogP contribution < -0.4 is 10.3 Å². The van der Waals surface area contributed by atoms with Crippen molar-refractivity contribution in [3.05, 3.63) is 105 Å². The van der Waals surface area contributed by atoms with Crippen LogP contribution >= 0.6 is 11.6 Å². The Morgan fingerprint density at radius 3 is 2.60 bits per heavy atom. The molecule has 0 atom stereocenters. The van der Waals surface area contributed by atoms with Gasteiger partial charge in [-0.2, -0.15) is 9.78 Å². The lowest BCUT2D eigenvalue weighted by Crippen LogP contribution is -2.25. The molecular formula is C29H28ClN3O2. The monoisotopic (exact) mass is 485 g/mol. The lowest BCUT2D eigenvalue weighted by Gasteiger charge is -2.22. The van der Waals surface area contributed by atoms with Crippen molar-refractivity contribution in [1.82, 2.24) is 9.66 Å². The number of benzene rings is 3. The van der Waals surface area contributed by atoms with E-state index in [4.69, 9.17) is 21.3 Å². The normalized spacial score (nSPS) is 14.6. The van der Waals surface area contributed by atoms with E-state index in [1.165, 1.54) is 16.7 Å². The molecule has 3 aromatic carbocycles. The number of aryl methyl sites for hydroxylation is 1. The third kappa shape index (κ3) is 5.30. The second-order valence-electron chi connectivity index (χ2n) is 9.15. The average molecular weight is 486 g/mol. The first-order valence-corrected chi connectivity index (χ1v) is 12.5. The van der Waals surface area contributed by atoms with Gasteiger partial charge in [-0.05, 0) is 61.2 Å². The van der Waals surface area contributed by atoms with Gasteiger partial charge in [0.2, 0.25) is 0 Å². The molecule has 0 N–H and O–H groups in total. The van der Waals surface area contributed by atoms with Gasteiger partial charge in [0.1, 0.15) is 18.2 Å². The highest BCUT2D eigenvalue weighted by molar-refractivity contribution is 6.32. The van der Waals surface area contributed by atoms with E-state index in [0.717, 1.165) is 48.2 Å². The molecule has 0 unspecified atom stereocenters. The standard InChI is InChI=1S/C29H28ClN3O2/c1-20-11-13-21(14-12-20)19-35-27-16-15-22(17-25(27)30)18-31-33-28(23-7-3-2-4-8-23)32-26-10-6-5-9-24(26)29(33)34/h5-6,9-18,23H,2-4,7-8,19H2,1H3. The van der Waals surface area contributed by atoms with Crippen molar-refractivity contribution < 1.29 is 4.74 Å². The maximum absolute atomic E-state index is 13.3. The first kappa shape index (κ1) is 23.3. The third-order valence-corrected chi connectivity index (χ3v) is 6.84. The van der Waals surface area contributed by atoms with Crippen molar-refractivity contribution in [2.75, 3.05) is 0 Å². The Bertz CT molecular complexity index is 1420. The van der Waals surface area contributed by atoms with Crippen molar-refractivity contribution in [1.29, 1.82) is 0 Å². The average Bonchev–Trinajstić information content (AvgIpc) is 2.89. The molecule has 1 aliphatic carbocycles. The summed E-state index contributed by atoms with van der Waals surface area (Å²) in [5.74, 6) is 1.59. The number of halogens is 1. The van der Waals surface area contributed by atoms with Crippen molar-refractivity contribution in [2.45, 2.75) is 51.6 Å². The molecule has 1 aromatic heterocycles. The molecule has 0 saturated heterocycles. The minimum atomic E-state index is -0.142. The predicted octanol–water partition coefficient (Wildman–Crippen LogP) is 6.87. The highest BCUT2D eigenvalue weighted by Crippen LogP contribution is 2.32. The van der Waals surface area contributed by atoms with Crippen LogP contribution in [0.15, 0.2) is 76.6 Å². The van der Waals surface area contributed by atoms with Crippen LogP contribution in [0.5, 0.6) is 5.75 Å². The largest absolute Gasteiger partial charge is 0.487 e. The van der Waals surface area contributed by atoms with Crippen LogP contribution in [-0.4, -0.2) is 15.9 Å². The number of rotatable bonds is 6. The number of para-hydroxylation sites is 1. The van der Waals surface area contributed by atoms with E-state index in [1.807, 2.05) is 42.5 Å². The molecule has 0 radical (unpaired) electrons. The van der Waals surface area contributed by atoms with E-state index in [2.05, 4.69) is 24.2 Å². The molecule has 1 heterocycles. The molecular weight excluding hydrogens is 458 g/mol. The number of nitrogens with zero attached hydrogens (tertiary/aromatic N) is 3. The topological polar surface area (TPSA) is 56.5 Å². The van der Waals surface area contributed by atoms with Crippen molar-refractivity contribution in [2.24, 2.45) is 5.10 Å². The summed E-state index contributed by atoms with van der Waals surface area (Å²) in [5.41, 5.74) is 3.66. The maximum Gasteiger partial charge on any atom is 0.282 e. The van der Waals surface area contributed by atoms with Gasteiger partial charge in [0, 0.05) is 5.92 Å². The molecule has 5 nitrogen and oxygen atoms in total. The summed E-state index contributed by atoms with van der Waals surface area (Å²) in [6, 6.07) is 21.2. The molecule has 0 aliphatic heterocycles. The van der Waals surface area contributed by atoms with Gasteiger partial charge in [-0.25, -0.2) is 4.98 Å². The van der Waals surface area contributed by atoms with Gasteiger partial charge in [-0.1, -0.05) is 72.8 Å². The zero-order valence-electron chi connectivity index (χ0n) is 19.8. The van der Waals surface area contributed by atoms with Gasteiger partial charge in [0.05, 0.1) is 22.1 Å². The van der Waals surface area contributed by atoms with Crippen LogP contribution in [0.3, 0.4) is 0 Å². The van der Waals surface area contributed by atoms with E-state index in [9.17, 15) is 4.79 Å². The van der Waals surface area contributed by atoms with Gasteiger partial charge in [0.25, 0.3) is 5.56 Å².